The number of nitrogens with zero attached hydrogens (tertiary/aromatic N) is 2. The van der Waals surface area contributed by atoms with Crippen LogP contribution in [0.5, 0.6) is 5.75 Å². The monoisotopic (exact) mass is 426 g/mol. The van der Waals surface area contributed by atoms with E-state index in [2.05, 4.69) is 0 Å². The van der Waals surface area contributed by atoms with Crippen LogP contribution in [0.4, 0.5) is 11.4 Å². The van der Waals surface area contributed by atoms with Crippen LogP contribution in [-0.4, -0.2) is 49.1 Å². The van der Waals surface area contributed by atoms with E-state index in [1.807, 2.05) is 29.2 Å². The molecule has 0 spiro atoms. The molecule has 5 rings (SSSR count). The van der Waals surface area contributed by atoms with Crippen molar-refractivity contribution in [2.24, 2.45) is 0 Å². The first-order valence-corrected chi connectivity index (χ1v) is 9.98. The number of fused-ring (bicyclic) bond motifs is 7. The molecule has 3 aliphatic rings. The lowest BCUT2D eigenvalue weighted by Crippen LogP contribution is -2.67. The fourth-order valence-corrected chi connectivity index (χ4v) is 5.12. The Hall–Kier alpha value is -3.17. The highest BCUT2D eigenvalue weighted by Gasteiger charge is 2.61. The van der Waals surface area contributed by atoms with Gasteiger partial charge in [-0.05, 0) is 24.6 Å². The fraction of sp³-hybridized carbons (Fsp3) is 0.409. The molecule has 2 aromatic carbocycles. The van der Waals surface area contributed by atoms with E-state index in [9.17, 15) is 14.9 Å². The Bertz CT molecular complexity index is 1070. The van der Waals surface area contributed by atoms with Gasteiger partial charge >= 0.3 is 5.97 Å². The largest absolute Gasteiger partial charge is 0.478 e. The van der Waals surface area contributed by atoms with Crippen LogP contribution in [0.3, 0.4) is 0 Å². The van der Waals surface area contributed by atoms with Crippen molar-refractivity contribution in [3.63, 3.8) is 0 Å². The number of nitro benzene ring substituents is 1. The number of hydrogen-bond donors (Lipinski definition) is 0. The molecule has 0 bridgehead atoms. The van der Waals surface area contributed by atoms with E-state index in [4.69, 9.17) is 18.9 Å². The van der Waals surface area contributed by atoms with Crippen molar-refractivity contribution < 1.29 is 28.7 Å². The molecule has 0 unspecified atom stereocenters. The summed E-state index contributed by atoms with van der Waals surface area (Å²) in [6, 6.07) is 11.2. The average molecular weight is 426 g/mol. The van der Waals surface area contributed by atoms with Gasteiger partial charge < -0.3 is 23.8 Å². The molecule has 1 saturated heterocycles. The summed E-state index contributed by atoms with van der Waals surface area (Å²) in [6.07, 6.45) is -1.15. The molecule has 0 saturated carbocycles. The Kier molecular flexibility index (Phi) is 4.42. The van der Waals surface area contributed by atoms with E-state index in [1.165, 1.54) is 26.4 Å². The van der Waals surface area contributed by atoms with Gasteiger partial charge in [0.25, 0.3) is 5.69 Å². The van der Waals surface area contributed by atoms with Gasteiger partial charge in [0.15, 0.2) is 11.7 Å². The maximum atomic E-state index is 13.1. The number of non-ortho nitro benzene ring substituents is 1. The second-order valence-electron chi connectivity index (χ2n) is 8.13. The number of methoxy groups -OCH3 is 2. The van der Waals surface area contributed by atoms with Crippen molar-refractivity contribution in [2.45, 2.75) is 43.4 Å². The molecule has 1 fully saturated rings. The summed E-state index contributed by atoms with van der Waals surface area (Å²) in [5.41, 5.74) is 1.29. The van der Waals surface area contributed by atoms with E-state index in [1.54, 1.807) is 13.0 Å². The fourth-order valence-electron chi connectivity index (χ4n) is 5.12. The Morgan fingerprint density at radius 1 is 1.23 bits per heavy atom. The number of nitro groups is 1. The second-order valence-corrected chi connectivity index (χ2v) is 8.13. The van der Waals surface area contributed by atoms with Crippen LogP contribution < -0.4 is 9.64 Å². The first kappa shape index (κ1) is 19.8. The van der Waals surface area contributed by atoms with Gasteiger partial charge in [0.05, 0.1) is 4.92 Å². The van der Waals surface area contributed by atoms with Crippen LogP contribution in [0.2, 0.25) is 0 Å². The zero-order chi connectivity index (χ0) is 21.9. The lowest BCUT2D eigenvalue weighted by atomic mass is 9.81. The summed E-state index contributed by atoms with van der Waals surface area (Å²) >= 11 is 0. The van der Waals surface area contributed by atoms with Crippen LogP contribution >= 0.6 is 0 Å². The molecule has 3 aliphatic heterocycles. The number of morpholine rings is 1. The maximum absolute atomic E-state index is 13.1. The van der Waals surface area contributed by atoms with Crippen molar-refractivity contribution in [1.82, 2.24) is 0 Å². The van der Waals surface area contributed by atoms with E-state index >= 15 is 0 Å². The highest BCUT2D eigenvalue weighted by atomic mass is 16.7. The van der Waals surface area contributed by atoms with Gasteiger partial charge in [-0.15, -0.1) is 0 Å². The number of carbonyl (C=O) groups is 1. The number of benzene rings is 2. The number of hydrogen-bond acceptors (Lipinski definition) is 8. The Labute approximate surface area is 178 Å². The summed E-state index contributed by atoms with van der Waals surface area (Å²) < 4.78 is 23.3. The van der Waals surface area contributed by atoms with E-state index in [0.717, 1.165) is 11.3 Å². The molecule has 4 atom stereocenters. The molecule has 0 amide bonds. The highest BCUT2D eigenvalue weighted by molar-refractivity contribution is 5.86. The number of rotatable bonds is 4. The first-order chi connectivity index (χ1) is 14.9. The van der Waals surface area contributed by atoms with E-state index in [0.29, 0.717) is 17.7 Å². The average Bonchev–Trinajstić information content (AvgIpc) is 3.15. The minimum Gasteiger partial charge on any atom is -0.478 e. The minimum atomic E-state index is -1.19. The topological polar surface area (TPSA) is 100 Å². The molecule has 9 heteroatoms. The van der Waals surface area contributed by atoms with Gasteiger partial charge in [-0.25, -0.2) is 4.79 Å². The number of ether oxygens (including phenoxy) is 4. The van der Waals surface area contributed by atoms with Crippen LogP contribution in [-0.2, 0) is 25.4 Å². The van der Waals surface area contributed by atoms with Gasteiger partial charge in [-0.2, -0.15) is 0 Å². The van der Waals surface area contributed by atoms with Gasteiger partial charge in [-0.3, -0.25) is 10.1 Å². The Balaban J connectivity index is 1.74. The quantitative estimate of drug-likeness (QED) is 0.318. The first-order valence-electron chi connectivity index (χ1n) is 9.98. The standard InChI is InChI=1S/C22H22N2O7/c1-22(21(28-2)29-3)19-18(14-11-13(24(26)27)8-9-17(14)31-22)23-15-7-5-4-6-12(15)10-16(23)20(25)30-19/h4-9,11,16,18-19,21H,10H2,1-3H3/t16-,18-,19+,22-/m0/s1. The summed E-state index contributed by atoms with van der Waals surface area (Å²) in [4.78, 5) is 26.1. The molecule has 0 radical (unpaired) electrons. The van der Waals surface area contributed by atoms with Crippen LogP contribution in [0.15, 0.2) is 42.5 Å². The normalized spacial score (nSPS) is 28.2. The van der Waals surface area contributed by atoms with Gasteiger partial charge in [0.2, 0.25) is 6.29 Å². The summed E-state index contributed by atoms with van der Waals surface area (Å²) in [5, 5.41) is 11.5. The summed E-state index contributed by atoms with van der Waals surface area (Å²) in [5.74, 6) is 0.0987. The van der Waals surface area contributed by atoms with Crippen LogP contribution in [0.25, 0.3) is 0 Å². The van der Waals surface area contributed by atoms with E-state index in [-0.39, 0.29) is 11.7 Å². The number of anilines is 1. The van der Waals surface area contributed by atoms with Crippen molar-refractivity contribution in [2.75, 3.05) is 19.1 Å². The molecule has 0 aliphatic carbocycles. The SMILES string of the molecule is COC(OC)[C@@]1(C)Oc2ccc([N+](=O)[O-])cc2[C@H]2[C@H]1OC(=O)[C@@H]1Cc3ccccc3N12. The molecule has 31 heavy (non-hydrogen) atoms. The lowest BCUT2D eigenvalue weighted by molar-refractivity contribution is -0.385. The second kappa shape index (κ2) is 6.93. The minimum absolute atomic E-state index is 0.0549. The molecular weight excluding hydrogens is 404 g/mol. The highest BCUT2D eigenvalue weighted by Crippen LogP contribution is 2.53. The van der Waals surface area contributed by atoms with Crippen molar-refractivity contribution in [1.29, 1.82) is 0 Å². The van der Waals surface area contributed by atoms with Crippen molar-refractivity contribution in [3.05, 3.63) is 63.7 Å². The predicted molar refractivity (Wildman–Crippen MR) is 109 cm³/mol. The number of para-hydroxylation sites is 1. The molecular formula is C22H22N2O7. The van der Waals surface area contributed by atoms with E-state index < -0.39 is 35.0 Å². The Morgan fingerprint density at radius 3 is 2.68 bits per heavy atom. The molecule has 9 nitrogen and oxygen atoms in total. The van der Waals surface area contributed by atoms with Crippen molar-refractivity contribution >= 4 is 17.3 Å². The molecule has 3 heterocycles. The zero-order valence-electron chi connectivity index (χ0n) is 17.3. The lowest BCUT2D eigenvalue weighted by Gasteiger charge is -2.53. The molecule has 162 valence electrons. The summed E-state index contributed by atoms with van der Waals surface area (Å²) in [6.45, 7) is 1.77. The number of esters is 1. The van der Waals surface area contributed by atoms with Gasteiger partial charge in [0.1, 0.15) is 17.8 Å². The smallest absolute Gasteiger partial charge is 0.329 e. The molecule has 0 N–H and O–H groups in total. The van der Waals surface area contributed by atoms with Gasteiger partial charge in [0, 0.05) is 44.0 Å². The third kappa shape index (κ3) is 2.73. The zero-order valence-corrected chi connectivity index (χ0v) is 17.3. The third-order valence-electron chi connectivity index (χ3n) is 6.43. The van der Waals surface area contributed by atoms with Crippen molar-refractivity contribution in [3.8, 4) is 5.75 Å². The maximum Gasteiger partial charge on any atom is 0.329 e. The molecule has 2 aromatic rings. The van der Waals surface area contributed by atoms with Crippen LogP contribution in [0.1, 0.15) is 24.1 Å². The third-order valence-corrected chi connectivity index (χ3v) is 6.43. The van der Waals surface area contributed by atoms with Crippen LogP contribution in [0, 0.1) is 10.1 Å². The predicted octanol–water partition coefficient (Wildman–Crippen LogP) is 2.76. The Morgan fingerprint density at radius 2 is 1.97 bits per heavy atom. The van der Waals surface area contributed by atoms with Gasteiger partial charge in [-0.1, -0.05) is 18.2 Å². The molecule has 0 aromatic heterocycles. The summed E-state index contributed by atoms with van der Waals surface area (Å²) in [7, 11) is 2.98. The number of carbonyl (C=O) groups excluding carboxylic acids is 1.